The van der Waals surface area contributed by atoms with Gasteiger partial charge in [-0.05, 0) is 18.2 Å². The van der Waals surface area contributed by atoms with E-state index in [4.69, 9.17) is 9.47 Å². The summed E-state index contributed by atoms with van der Waals surface area (Å²) in [6.07, 6.45) is -4.70. The molecular weight excluding hydrogens is 425 g/mol. The van der Waals surface area contributed by atoms with Crippen LogP contribution in [0.2, 0.25) is 0 Å². The van der Waals surface area contributed by atoms with Gasteiger partial charge in [0.2, 0.25) is 0 Å². The maximum atomic E-state index is 13.7. The van der Waals surface area contributed by atoms with Crippen molar-refractivity contribution in [3.05, 3.63) is 72.1 Å². The molecule has 0 saturated heterocycles. The van der Waals surface area contributed by atoms with Crippen molar-refractivity contribution in [3.63, 3.8) is 0 Å². The van der Waals surface area contributed by atoms with Crippen LogP contribution in [0, 0.1) is 0 Å². The fourth-order valence-electron chi connectivity index (χ4n) is 3.15. The maximum absolute atomic E-state index is 13.7. The van der Waals surface area contributed by atoms with Crippen LogP contribution in [0.25, 0.3) is 16.9 Å². The molecule has 0 fully saturated rings. The van der Waals surface area contributed by atoms with Crippen LogP contribution in [0.3, 0.4) is 0 Å². The van der Waals surface area contributed by atoms with E-state index in [1.807, 2.05) is 0 Å². The first kappa shape index (κ1) is 21.2. The number of halogens is 3. The first-order valence-electron chi connectivity index (χ1n) is 9.37. The number of nitrogens with zero attached hydrogens (tertiary/aromatic N) is 3. The van der Waals surface area contributed by atoms with Crippen molar-refractivity contribution >= 4 is 17.2 Å². The van der Waals surface area contributed by atoms with Crippen molar-refractivity contribution in [1.82, 2.24) is 14.6 Å². The molecule has 10 heteroatoms. The Morgan fingerprint density at radius 2 is 1.69 bits per heavy atom. The second kappa shape index (κ2) is 8.22. The molecular formula is C22H17F3N4O3. The molecule has 0 spiro atoms. The molecule has 0 saturated carbocycles. The number of ether oxygens (including phenoxy) is 2. The SMILES string of the molecule is COc1ccc(NC(=O)c2cc3nc(-c4ccccc4)cc(C(F)(F)F)n3n2)cc1OC. The van der Waals surface area contributed by atoms with Gasteiger partial charge in [0.15, 0.2) is 28.5 Å². The number of methoxy groups -OCH3 is 2. The molecule has 0 unspecified atom stereocenters. The van der Waals surface area contributed by atoms with Gasteiger partial charge in [0.25, 0.3) is 5.91 Å². The summed E-state index contributed by atoms with van der Waals surface area (Å²) >= 11 is 0. The number of fused-ring (bicyclic) bond motifs is 1. The zero-order chi connectivity index (χ0) is 22.9. The van der Waals surface area contributed by atoms with Crippen LogP contribution < -0.4 is 14.8 Å². The van der Waals surface area contributed by atoms with Crippen LogP contribution in [0.15, 0.2) is 60.7 Å². The number of hydrogen-bond acceptors (Lipinski definition) is 5. The second-order valence-corrected chi connectivity index (χ2v) is 6.71. The molecule has 4 aromatic rings. The van der Waals surface area contributed by atoms with Gasteiger partial charge in [0.1, 0.15) is 0 Å². The lowest BCUT2D eigenvalue weighted by Crippen LogP contribution is -2.15. The fraction of sp³-hybridized carbons (Fsp3) is 0.136. The summed E-state index contributed by atoms with van der Waals surface area (Å²) in [7, 11) is 2.92. The van der Waals surface area contributed by atoms with Gasteiger partial charge in [-0.3, -0.25) is 4.79 Å². The van der Waals surface area contributed by atoms with E-state index in [9.17, 15) is 18.0 Å². The number of hydrogen-bond donors (Lipinski definition) is 1. The zero-order valence-corrected chi connectivity index (χ0v) is 17.0. The number of amides is 1. The van der Waals surface area contributed by atoms with Crippen molar-refractivity contribution < 1.29 is 27.4 Å². The van der Waals surface area contributed by atoms with Crippen LogP contribution >= 0.6 is 0 Å². The zero-order valence-electron chi connectivity index (χ0n) is 17.0. The highest BCUT2D eigenvalue weighted by Crippen LogP contribution is 2.33. The van der Waals surface area contributed by atoms with Crippen LogP contribution in [-0.2, 0) is 6.18 Å². The molecule has 0 aliphatic rings. The third-order valence-corrected chi connectivity index (χ3v) is 4.66. The van der Waals surface area contributed by atoms with Gasteiger partial charge in [0, 0.05) is 23.4 Å². The summed E-state index contributed by atoms with van der Waals surface area (Å²) in [5, 5.41) is 6.44. The lowest BCUT2D eigenvalue weighted by atomic mass is 10.1. The predicted octanol–water partition coefficient (Wildman–Crippen LogP) is 4.68. The maximum Gasteiger partial charge on any atom is 0.433 e. The number of carbonyl (C=O) groups is 1. The van der Waals surface area contributed by atoms with Gasteiger partial charge in [-0.2, -0.15) is 18.3 Å². The lowest BCUT2D eigenvalue weighted by Gasteiger charge is -2.11. The molecule has 0 bridgehead atoms. The molecule has 1 N–H and O–H groups in total. The summed E-state index contributed by atoms with van der Waals surface area (Å²) in [6, 6.07) is 15.3. The first-order valence-corrected chi connectivity index (χ1v) is 9.37. The minimum Gasteiger partial charge on any atom is -0.493 e. The molecule has 4 rings (SSSR count). The Kier molecular flexibility index (Phi) is 5.43. The van der Waals surface area contributed by atoms with E-state index in [1.54, 1.807) is 42.5 Å². The van der Waals surface area contributed by atoms with Gasteiger partial charge in [0.05, 0.1) is 19.9 Å². The van der Waals surface area contributed by atoms with Crippen molar-refractivity contribution in [3.8, 4) is 22.8 Å². The third kappa shape index (κ3) is 4.07. The Labute approximate surface area is 180 Å². The molecule has 0 atom stereocenters. The van der Waals surface area contributed by atoms with E-state index in [0.29, 0.717) is 27.3 Å². The number of alkyl halides is 3. The number of nitrogens with one attached hydrogen (secondary N) is 1. The van der Waals surface area contributed by atoms with E-state index in [-0.39, 0.29) is 17.0 Å². The minimum atomic E-state index is -4.70. The average molecular weight is 442 g/mol. The molecule has 2 aromatic carbocycles. The van der Waals surface area contributed by atoms with E-state index in [0.717, 1.165) is 6.07 Å². The Bertz CT molecular complexity index is 1290. The summed E-state index contributed by atoms with van der Waals surface area (Å²) in [6.45, 7) is 0. The predicted molar refractivity (Wildman–Crippen MR) is 111 cm³/mol. The molecule has 164 valence electrons. The van der Waals surface area contributed by atoms with Gasteiger partial charge in [-0.25, -0.2) is 9.50 Å². The summed E-state index contributed by atoms with van der Waals surface area (Å²) < 4.78 is 52.1. The van der Waals surface area contributed by atoms with Crippen molar-refractivity contribution in [2.75, 3.05) is 19.5 Å². The van der Waals surface area contributed by atoms with Crippen molar-refractivity contribution in [2.24, 2.45) is 0 Å². The summed E-state index contributed by atoms with van der Waals surface area (Å²) in [5.41, 5.74) is -0.362. The van der Waals surface area contributed by atoms with Gasteiger partial charge in [-0.1, -0.05) is 30.3 Å². The monoisotopic (exact) mass is 442 g/mol. The van der Waals surface area contributed by atoms with E-state index in [1.165, 1.54) is 26.4 Å². The lowest BCUT2D eigenvalue weighted by molar-refractivity contribution is -0.142. The average Bonchev–Trinajstić information content (AvgIpc) is 3.22. The molecule has 2 aromatic heterocycles. The highest BCUT2D eigenvalue weighted by Gasteiger charge is 2.35. The third-order valence-electron chi connectivity index (χ3n) is 4.66. The Morgan fingerprint density at radius 1 is 0.969 bits per heavy atom. The Hall–Kier alpha value is -4.08. The number of aromatic nitrogens is 3. The van der Waals surface area contributed by atoms with E-state index in [2.05, 4.69) is 15.4 Å². The van der Waals surface area contributed by atoms with Gasteiger partial charge < -0.3 is 14.8 Å². The fourth-order valence-corrected chi connectivity index (χ4v) is 3.15. The molecule has 0 aliphatic carbocycles. The smallest absolute Gasteiger partial charge is 0.433 e. The molecule has 0 radical (unpaired) electrons. The van der Waals surface area contributed by atoms with Crippen LogP contribution in [0.4, 0.5) is 18.9 Å². The van der Waals surface area contributed by atoms with Crippen LogP contribution in [-0.4, -0.2) is 34.7 Å². The van der Waals surface area contributed by atoms with E-state index < -0.39 is 17.8 Å². The summed E-state index contributed by atoms with van der Waals surface area (Å²) in [5.74, 6) is 0.150. The first-order chi connectivity index (χ1) is 15.3. The number of anilines is 1. The second-order valence-electron chi connectivity index (χ2n) is 6.71. The van der Waals surface area contributed by atoms with Gasteiger partial charge >= 0.3 is 6.18 Å². The molecule has 32 heavy (non-hydrogen) atoms. The minimum absolute atomic E-state index is 0.101. The highest BCUT2D eigenvalue weighted by molar-refractivity contribution is 6.03. The number of benzene rings is 2. The van der Waals surface area contributed by atoms with Crippen LogP contribution in [0.5, 0.6) is 11.5 Å². The molecule has 7 nitrogen and oxygen atoms in total. The molecule has 0 aliphatic heterocycles. The van der Waals surface area contributed by atoms with Crippen LogP contribution in [0.1, 0.15) is 16.2 Å². The van der Waals surface area contributed by atoms with Crippen molar-refractivity contribution in [2.45, 2.75) is 6.18 Å². The number of rotatable bonds is 5. The van der Waals surface area contributed by atoms with E-state index >= 15 is 0 Å². The highest BCUT2D eigenvalue weighted by atomic mass is 19.4. The molecule has 2 heterocycles. The van der Waals surface area contributed by atoms with Gasteiger partial charge in [-0.15, -0.1) is 0 Å². The van der Waals surface area contributed by atoms with Crippen molar-refractivity contribution in [1.29, 1.82) is 0 Å². The Balaban J connectivity index is 1.73. The quantitative estimate of drug-likeness (QED) is 0.486. The Morgan fingerprint density at radius 3 is 2.34 bits per heavy atom. The largest absolute Gasteiger partial charge is 0.493 e. The molecule has 1 amide bonds. The summed E-state index contributed by atoms with van der Waals surface area (Å²) in [4.78, 5) is 16.9. The topological polar surface area (TPSA) is 77.8 Å². The normalized spacial score (nSPS) is 11.4. The standard InChI is InChI=1S/C22H17F3N4O3/c1-31-17-9-8-14(10-18(17)32-2)26-21(30)16-12-20-27-15(13-6-4-3-5-7-13)11-19(22(23,24)25)29(20)28-16/h3-12H,1-2H3,(H,26,30). The number of carbonyl (C=O) groups excluding carboxylic acids is 1.